The van der Waals surface area contributed by atoms with Gasteiger partial charge in [-0.1, -0.05) is 6.92 Å². The first kappa shape index (κ1) is 11.8. The Morgan fingerprint density at radius 3 is 2.76 bits per heavy atom. The zero-order chi connectivity index (χ0) is 12.4. The lowest BCUT2D eigenvalue weighted by atomic mass is 9.82. The number of hydrogen-bond acceptors (Lipinski definition) is 3. The second kappa shape index (κ2) is 4.65. The average molecular weight is 234 g/mol. The van der Waals surface area contributed by atoms with E-state index in [2.05, 4.69) is 12.2 Å². The van der Waals surface area contributed by atoms with E-state index in [0.29, 0.717) is 29.0 Å². The van der Waals surface area contributed by atoms with Crippen molar-refractivity contribution in [1.82, 2.24) is 5.32 Å². The van der Waals surface area contributed by atoms with Crippen LogP contribution in [0.25, 0.3) is 0 Å². The fraction of sp³-hybridized carbons (Fsp3) is 0.462. The van der Waals surface area contributed by atoms with Gasteiger partial charge in [0.05, 0.1) is 12.7 Å². The van der Waals surface area contributed by atoms with Crippen molar-refractivity contribution in [2.24, 2.45) is 5.92 Å². The molecule has 0 aliphatic heterocycles. The van der Waals surface area contributed by atoms with Gasteiger partial charge in [-0.3, -0.25) is 4.79 Å². The Bertz CT molecular complexity index is 425. The number of rotatable bonds is 3. The van der Waals surface area contributed by atoms with Gasteiger partial charge in [-0.2, -0.15) is 0 Å². The maximum Gasteiger partial charge on any atom is 0.255 e. The minimum absolute atomic E-state index is 0.106. The summed E-state index contributed by atoms with van der Waals surface area (Å²) >= 11 is 0. The maximum atomic E-state index is 12.0. The zero-order valence-electron chi connectivity index (χ0n) is 10.2. The van der Waals surface area contributed by atoms with E-state index in [4.69, 9.17) is 10.5 Å². The molecule has 1 aliphatic carbocycles. The summed E-state index contributed by atoms with van der Waals surface area (Å²) in [6, 6.07) is 5.38. The highest BCUT2D eigenvalue weighted by Gasteiger charge is 2.27. The van der Waals surface area contributed by atoms with Crippen LogP contribution in [-0.2, 0) is 0 Å². The topological polar surface area (TPSA) is 64.3 Å². The van der Waals surface area contributed by atoms with Crippen LogP contribution in [-0.4, -0.2) is 19.1 Å². The number of ether oxygens (including phenoxy) is 1. The number of nitrogens with one attached hydrogen (secondary N) is 1. The normalized spacial score (nSPS) is 22.7. The standard InChI is InChI=1S/C13H18N2O2/c1-8-5-10(6-8)15-13(16)11-7-9(14)3-4-12(11)17-2/h3-4,7-8,10H,5-6,14H2,1-2H3,(H,15,16). The molecule has 1 aromatic carbocycles. The summed E-state index contributed by atoms with van der Waals surface area (Å²) in [5.41, 5.74) is 6.76. The summed E-state index contributed by atoms with van der Waals surface area (Å²) in [6.45, 7) is 2.18. The second-order valence-corrected chi connectivity index (χ2v) is 4.71. The first-order valence-corrected chi connectivity index (χ1v) is 5.84. The Morgan fingerprint density at radius 1 is 1.47 bits per heavy atom. The number of methoxy groups -OCH3 is 1. The molecular weight excluding hydrogens is 216 g/mol. The predicted molar refractivity (Wildman–Crippen MR) is 67.1 cm³/mol. The van der Waals surface area contributed by atoms with Crippen molar-refractivity contribution >= 4 is 11.6 Å². The van der Waals surface area contributed by atoms with Crippen molar-refractivity contribution in [3.05, 3.63) is 23.8 Å². The molecule has 0 atom stereocenters. The minimum atomic E-state index is -0.106. The van der Waals surface area contributed by atoms with Crippen LogP contribution in [0, 0.1) is 5.92 Å². The number of carbonyl (C=O) groups is 1. The Morgan fingerprint density at radius 2 is 2.18 bits per heavy atom. The van der Waals surface area contributed by atoms with Gasteiger partial charge < -0.3 is 15.8 Å². The van der Waals surface area contributed by atoms with Crippen LogP contribution in [0.15, 0.2) is 18.2 Å². The minimum Gasteiger partial charge on any atom is -0.496 e. The molecule has 1 saturated carbocycles. The van der Waals surface area contributed by atoms with E-state index in [0.717, 1.165) is 12.8 Å². The largest absolute Gasteiger partial charge is 0.496 e. The van der Waals surface area contributed by atoms with Crippen LogP contribution in [0.3, 0.4) is 0 Å². The quantitative estimate of drug-likeness (QED) is 0.784. The maximum absolute atomic E-state index is 12.0. The lowest BCUT2D eigenvalue weighted by Gasteiger charge is -2.33. The molecule has 1 fully saturated rings. The monoisotopic (exact) mass is 234 g/mol. The lowest BCUT2D eigenvalue weighted by Crippen LogP contribution is -2.43. The molecule has 0 radical (unpaired) electrons. The molecule has 3 N–H and O–H groups in total. The number of nitrogen functional groups attached to an aromatic ring is 1. The number of benzene rings is 1. The predicted octanol–water partition coefficient (Wildman–Crippen LogP) is 1.81. The molecule has 0 aromatic heterocycles. The highest BCUT2D eigenvalue weighted by molar-refractivity contribution is 5.98. The molecule has 4 heteroatoms. The Balaban J connectivity index is 2.09. The van der Waals surface area contributed by atoms with Gasteiger partial charge in [-0.05, 0) is 37.0 Å². The highest BCUT2D eigenvalue weighted by Crippen LogP contribution is 2.27. The van der Waals surface area contributed by atoms with Gasteiger partial charge in [-0.25, -0.2) is 0 Å². The second-order valence-electron chi connectivity index (χ2n) is 4.71. The third-order valence-corrected chi connectivity index (χ3v) is 3.18. The molecular formula is C13H18N2O2. The van der Waals surface area contributed by atoms with Crippen molar-refractivity contribution in [1.29, 1.82) is 0 Å². The molecule has 0 unspecified atom stereocenters. The summed E-state index contributed by atoms with van der Waals surface area (Å²) < 4.78 is 5.16. The van der Waals surface area contributed by atoms with Crippen molar-refractivity contribution in [2.75, 3.05) is 12.8 Å². The molecule has 2 rings (SSSR count). The summed E-state index contributed by atoms with van der Waals surface area (Å²) in [7, 11) is 1.55. The van der Waals surface area contributed by atoms with Crippen LogP contribution in [0.5, 0.6) is 5.75 Å². The van der Waals surface area contributed by atoms with Gasteiger partial charge in [-0.15, -0.1) is 0 Å². The van der Waals surface area contributed by atoms with Crippen LogP contribution in [0.2, 0.25) is 0 Å². The van der Waals surface area contributed by atoms with E-state index in [9.17, 15) is 4.79 Å². The molecule has 0 bridgehead atoms. The third kappa shape index (κ3) is 2.52. The van der Waals surface area contributed by atoms with Crippen molar-refractivity contribution in [3.63, 3.8) is 0 Å². The molecule has 1 aliphatic rings. The van der Waals surface area contributed by atoms with Crippen molar-refractivity contribution in [2.45, 2.75) is 25.8 Å². The fourth-order valence-electron chi connectivity index (χ4n) is 2.19. The van der Waals surface area contributed by atoms with E-state index >= 15 is 0 Å². The zero-order valence-corrected chi connectivity index (χ0v) is 10.2. The molecule has 0 heterocycles. The van der Waals surface area contributed by atoms with Crippen molar-refractivity contribution in [3.8, 4) is 5.75 Å². The molecule has 0 spiro atoms. The number of nitrogens with two attached hydrogens (primary N) is 1. The third-order valence-electron chi connectivity index (χ3n) is 3.18. The van der Waals surface area contributed by atoms with Gasteiger partial charge in [0.1, 0.15) is 5.75 Å². The van der Waals surface area contributed by atoms with E-state index < -0.39 is 0 Å². The first-order chi connectivity index (χ1) is 8.10. The first-order valence-electron chi connectivity index (χ1n) is 5.84. The van der Waals surface area contributed by atoms with Crippen LogP contribution >= 0.6 is 0 Å². The molecule has 17 heavy (non-hydrogen) atoms. The molecule has 1 amide bonds. The number of anilines is 1. The number of hydrogen-bond donors (Lipinski definition) is 2. The van der Waals surface area contributed by atoms with Crippen LogP contribution < -0.4 is 15.8 Å². The van der Waals surface area contributed by atoms with Gasteiger partial charge in [0, 0.05) is 11.7 Å². The van der Waals surface area contributed by atoms with Gasteiger partial charge >= 0.3 is 0 Å². The molecule has 4 nitrogen and oxygen atoms in total. The fourth-order valence-corrected chi connectivity index (χ4v) is 2.19. The molecule has 1 aromatic rings. The van der Waals surface area contributed by atoms with Gasteiger partial charge in [0.2, 0.25) is 0 Å². The van der Waals surface area contributed by atoms with E-state index in [1.54, 1.807) is 25.3 Å². The lowest BCUT2D eigenvalue weighted by molar-refractivity contribution is 0.0893. The smallest absolute Gasteiger partial charge is 0.255 e. The molecule has 92 valence electrons. The summed E-state index contributed by atoms with van der Waals surface area (Å²) in [4.78, 5) is 12.0. The van der Waals surface area contributed by atoms with Gasteiger partial charge in [0.25, 0.3) is 5.91 Å². The number of carbonyl (C=O) groups excluding carboxylic acids is 1. The Hall–Kier alpha value is -1.71. The highest BCUT2D eigenvalue weighted by atomic mass is 16.5. The summed E-state index contributed by atoms with van der Waals surface area (Å²) in [6.07, 6.45) is 2.10. The Kier molecular flexibility index (Phi) is 3.22. The average Bonchev–Trinajstić information content (AvgIpc) is 2.27. The van der Waals surface area contributed by atoms with Crippen LogP contribution in [0.4, 0.5) is 5.69 Å². The van der Waals surface area contributed by atoms with E-state index in [1.807, 2.05) is 0 Å². The Labute approximate surface area is 101 Å². The van der Waals surface area contributed by atoms with Gasteiger partial charge in [0.15, 0.2) is 0 Å². The summed E-state index contributed by atoms with van der Waals surface area (Å²) in [5, 5.41) is 2.99. The van der Waals surface area contributed by atoms with Crippen LogP contribution in [0.1, 0.15) is 30.1 Å². The van der Waals surface area contributed by atoms with E-state index in [-0.39, 0.29) is 5.91 Å². The number of amides is 1. The van der Waals surface area contributed by atoms with Crippen molar-refractivity contribution < 1.29 is 9.53 Å². The SMILES string of the molecule is COc1ccc(N)cc1C(=O)NC1CC(C)C1. The molecule has 0 saturated heterocycles. The summed E-state index contributed by atoms with van der Waals surface area (Å²) in [5.74, 6) is 1.16. The van der Waals surface area contributed by atoms with E-state index in [1.165, 1.54) is 0 Å².